The van der Waals surface area contributed by atoms with Crippen LogP contribution < -0.4 is 5.73 Å². The van der Waals surface area contributed by atoms with Crippen LogP contribution in [0.15, 0.2) is 0 Å². The number of thiocarbonyl (C=S) groups is 1. The first kappa shape index (κ1) is 13.3. The van der Waals surface area contributed by atoms with Crippen LogP contribution in [-0.4, -0.2) is 55.3 Å². The second-order valence-corrected chi connectivity index (χ2v) is 4.43. The molecule has 1 aliphatic heterocycles. The number of nitrogens with two attached hydrogens (primary N) is 1. The minimum atomic E-state index is -0.489. The molecule has 2 unspecified atom stereocenters. The Morgan fingerprint density at radius 1 is 1.62 bits per heavy atom. The molecule has 0 radical (unpaired) electrons. The fourth-order valence-corrected chi connectivity index (χ4v) is 1.54. The van der Waals surface area contributed by atoms with Crippen molar-refractivity contribution in [3.63, 3.8) is 0 Å². The zero-order chi connectivity index (χ0) is 12.1. The van der Waals surface area contributed by atoms with Crippen molar-refractivity contribution in [2.24, 2.45) is 11.7 Å². The average Bonchev–Trinajstić information content (AvgIpc) is 2.28. The van der Waals surface area contributed by atoms with Crippen LogP contribution >= 0.6 is 12.2 Å². The standard InChI is InChI=1S/C10H18N2O3S/c1-7(9(11)16)5-12(2)10(13)8-6-14-3-4-15-8/h7-8H,3-6H2,1-2H3,(H2,11,16). The van der Waals surface area contributed by atoms with Gasteiger partial charge in [-0.1, -0.05) is 19.1 Å². The van der Waals surface area contributed by atoms with Gasteiger partial charge in [0.05, 0.1) is 24.8 Å². The predicted molar refractivity (Wildman–Crippen MR) is 64.1 cm³/mol. The van der Waals surface area contributed by atoms with E-state index in [1.165, 1.54) is 0 Å². The van der Waals surface area contributed by atoms with Gasteiger partial charge in [-0.05, 0) is 0 Å². The Morgan fingerprint density at radius 2 is 2.31 bits per heavy atom. The van der Waals surface area contributed by atoms with Crippen LogP contribution in [0.2, 0.25) is 0 Å². The second kappa shape index (κ2) is 6.12. The monoisotopic (exact) mass is 246 g/mol. The van der Waals surface area contributed by atoms with E-state index >= 15 is 0 Å². The van der Waals surface area contributed by atoms with Gasteiger partial charge in [-0.3, -0.25) is 4.79 Å². The molecule has 1 heterocycles. The molecule has 1 saturated heterocycles. The molecule has 2 atom stereocenters. The second-order valence-electron chi connectivity index (χ2n) is 3.96. The molecule has 16 heavy (non-hydrogen) atoms. The Morgan fingerprint density at radius 3 is 2.81 bits per heavy atom. The van der Waals surface area contributed by atoms with Gasteiger partial charge in [-0.2, -0.15) is 0 Å². The first-order chi connectivity index (χ1) is 7.52. The maximum Gasteiger partial charge on any atom is 0.253 e. The minimum Gasteiger partial charge on any atom is -0.393 e. The maximum absolute atomic E-state index is 11.9. The Balaban J connectivity index is 2.43. The Kier molecular flexibility index (Phi) is 5.11. The van der Waals surface area contributed by atoms with Crippen LogP contribution in [0.4, 0.5) is 0 Å². The summed E-state index contributed by atoms with van der Waals surface area (Å²) < 4.78 is 10.5. The number of hydrogen-bond donors (Lipinski definition) is 1. The molecule has 1 rings (SSSR count). The van der Waals surface area contributed by atoms with Crippen LogP contribution in [0.25, 0.3) is 0 Å². The number of nitrogens with zero attached hydrogens (tertiary/aromatic N) is 1. The third kappa shape index (κ3) is 3.70. The summed E-state index contributed by atoms with van der Waals surface area (Å²) in [6, 6.07) is 0. The zero-order valence-corrected chi connectivity index (χ0v) is 10.5. The molecule has 0 bridgehead atoms. The van der Waals surface area contributed by atoms with Crippen molar-refractivity contribution in [1.82, 2.24) is 4.90 Å². The third-order valence-electron chi connectivity index (χ3n) is 2.50. The smallest absolute Gasteiger partial charge is 0.253 e. The summed E-state index contributed by atoms with van der Waals surface area (Å²) in [5, 5.41) is 0. The van der Waals surface area contributed by atoms with E-state index in [2.05, 4.69) is 0 Å². The van der Waals surface area contributed by atoms with Crippen molar-refractivity contribution in [3.05, 3.63) is 0 Å². The van der Waals surface area contributed by atoms with E-state index in [1.807, 2.05) is 6.92 Å². The first-order valence-electron chi connectivity index (χ1n) is 5.26. The van der Waals surface area contributed by atoms with Gasteiger partial charge >= 0.3 is 0 Å². The molecule has 0 aromatic carbocycles. The molecule has 0 aromatic rings. The summed E-state index contributed by atoms with van der Waals surface area (Å²) in [5.41, 5.74) is 5.50. The molecule has 5 nitrogen and oxygen atoms in total. The SMILES string of the molecule is CC(CN(C)C(=O)C1COCCO1)C(N)=S. The van der Waals surface area contributed by atoms with Crippen LogP contribution in [0.3, 0.4) is 0 Å². The van der Waals surface area contributed by atoms with Gasteiger partial charge in [0.2, 0.25) is 0 Å². The predicted octanol–water partition coefficient (Wildman–Crippen LogP) is -0.218. The van der Waals surface area contributed by atoms with Gasteiger partial charge in [-0.25, -0.2) is 0 Å². The number of rotatable bonds is 4. The van der Waals surface area contributed by atoms with E-state index < -0.39 is 6.10 Å². The largest absolute Gasteiger partial charge is 0.393 e. The van der Waals surface area contributed by atoms with Crippen molar-refractivity contribution in [2.75, 3.05) is 33.4 Å². The van der Waals surface area contributed by atoms with Crippen LogP contribution in [0.5, 0.6) is 0 Å². The van der Waals surface area contributed by atoms with Crippen molar-refractivity contribution < 1.29 is 14.3 Å². The van der Waals surface area contributed by atoms with Crippen LogP contribution in [0.1, 0.15) is 6.92 Å². The molecule has 0 aliphatic carbocycles. The fraction of sp³-hybridized carbons (Fsp3) is 0.800. The molecule has 6 heteroatoms. The molecule has 0 spiro atoms. The number of ether oxygens (including phenoxy) is 2. The minimum absolute atomic E-state index is 0.00783. The van der Waals surface area contributed by atoms with E-state index in [4.69, 9.17) is 27.4 Å². The summed E-state index contributed by atoms with van der Waals surface area (Å²) in [6.07, 6.45) is -0.489. The van der Waals surface area contributed by atoms with E-state index in [0.717, 1.165) is 0 Å². The quantitative estimate of drug-likeness (QED) is 0.695. The molecule has 92 valence electrons. The van der Waals surface area contributed by atoms with E-state index in [0.29, 0.717) is 31.4 Å². The molecule has 1 fully saturated rings. The molecule has 0 aromatic heterocycles. The van der Waals surface area contributed by atoms with Gasteiger partial charge in [0, 0.05) is 19.5 Å². The summed E-state index contributed by atoms with van der Waals surface area (Å²) >= 11 is 4.86. The number of hydrogen-bond acceptors (Lipinski definition) is 4. The highest BCUT2D eigenvalue weighted by Gasteiger charge is 2.26. The number of carbonyl (C=O) groups excluding carboxylic acids is 1. The topological polar surface area (TPSA) is 64.8 Å². The van der Waals surface area contributed by atoms with Gasteiger partial charge < -0.3 is 20.1 Å². The molecule has 1 aliphatic rings. The number of carbonyl (C=O) groups is 1. The molecule has 2 N–H and O–H groups in total. The number of amides is 1. The highest BCUT2D eigenvalue weighted by atomic mass is 32.1. The highest BCUT2D eigenvalue weighted by Crippen LogP contribution is 2.06. The van der Waals surface area contributed by atoms with Gasteiger partial charge in [-0.15, -0.1) is 0 Å². The van der Waals surface area contributed by atoms with Crippen LogP contribution in [-0.2, 0) is 14.3 Å². The van der Waals surface area contributed by atoms with Crippen molar-refractivity contribution >= 4 is 23.1 Å². The third-order valence-corrected chi connectivity index (χ3v) is 2.90. The molecule has 0 saturated carbocycles. The Bertz CT molecular complexity index is 267. The lowest BCUT2D eigenvalue weighted by atomic mass is 10.1. The Labute approximate surface area is 101 Å². The summed E-state index contributed by atoms with van der Waals surface area (Å²) in [7, 11) is 1.72. The first-order valence-corrected chi connectivity index (χ1v) is 5.67. The lowest BCUT2D eigenvalue weighted by molar-refractivity contribution is -0.156. The lowest BCUT2D eigenvalue weighted by Gasteiger charge is -2.28. The molecule has 1 amide bonds. The van der Waals surface area contributed by atoms with E-state index in [9.17, 15) is 4.79 Å². The van der Waals surface area contributed by atoms with Crippen molar-refractivity contribution in [1.29, 1.82) is 0 Å². The summed E-state index contributed by atoms with van der Waals surface area (Å²) in [4.78, 5) is 13.9. The zero-order valence-electron chi connectivity index (χ0n) is 9.64. The van der Waals surface area contributed by atoms with Crippen molar-refractivity contribution in [2.45, 2.75) is 13.0 Å². The van der Waals surface area contributed by atoms with Gasteiger partial charge in [0.1, 0.15) is 0 Å². The molecular weight excluding hydrogens is 228 g/mol. The van der Waals surface area contributed by atoms with E-state index in [1.54, 1.807) is 11.9 Å². The average molecular weight is 246 g/mol. The summed E-state index contributed by atoms with van der Waals surface area (Å²) in [6.45, 7) is 3.74. The maximum atomic E-state index is 11.9. The van der Waals surface area contributed by atoms with Crippen molar-refractivity contribution in [3.8, 4) is 0 Å². The van der Waals surface area contributed by atoms with Gasteiger partial charge in [0.25, 0.3) is 5.91 Å². The Hall–Kier alpha value is -0.720. The van der Waals surface area contributed by atoms with E-state index in [-0.39, 0.29) is 11.8 Å². The normalized spacial score (nSPS) is 22.5. The molecular formula is C10H18N2O3S. The highest BCUT2D eigenvalue weighted by molar-refractivity contribution is 7.80. The van der Waals surface area contributed by atoms with Gasteiger partial charge in [0.15, 0.2) is 6.10 Å². The lowest BCUT2D eigenvalue weighted by Crippen LogP contribution is -2.45. The fourth-order valence-electron chi connectivity index (χ4n) is 1.47. The van der Waals surface area contributed by atoms with Crippen LogP contribution in [0, 0.1) is 5.92 Å². The number of likely N-dealkylation sites (N-methyl/N-ethyl adjacent to an activating group) is 1. The summed E-state index contributed by atoms with van der Waals surface area (Å²) in [5.74, 6) is -0.0729.